The number of sulfonamides is 1. The monoisotopic (exact) mass is 533 g/mol. The maximum atomic E-state index is 12.3. The average Bonchev–Trinajstić information content (AvgIpc) is 2.92. The number of rotatable bonds is 7. The van der Waals surface area contributed by atoms with Crippen LogP contribution in [-0.4, -0.2) is 74.2 Å². The molecular weight excluding hydrogens is 505 g/mol. The molecule has 26 heavy (non-hydrogen) atoms. The van der Waals surface area contributed by atoms with Crippen LogP contribution in [0.1, 0.15) is 15.6 Å². The van der Waals surface area contributed by atoms with Crippen LogP contribution in [0.2, 0.25) is 0 Å². The SMILES string of the molecule is CN=C(NCCc1nc(C)c(C)s1)NCCS(=O)(=O)N1CCSCC1.I. The highest BCUT2D eigenvalue weighted by Gasteiger charge is 2.23. The van der Waals surface area contributed by atoms with Gasteiger partial charge in [-0.15, -0.1) is 35.3 Å². The van der Waals surface area contributed by atoms with Crippen molar-refractivity contribution in [1.29, 1.82) is 0 Å². The lowest BCUT2D eigenvalue weighted by Crippen LogP contribution is -2.44. The van der Waals surface area contributed by atoms with Crippen molar-refractivity contribution in [3.8, 4) is 0 Å². The lowest BCUT2D eigenvalue weighted by atomic mass is 10.4. The zero-order valence-corrected chi connectivity index (χ0v) is 20.2. The highest BCUT2D eigenvalue weighted by molar-refractivity contribution is 14.0. The number of halogens is 1. The van der Waals surface area contributed by atoms with Gasteiger partial charge in [0.05, 0.1) is 16.5 Å². The Labute approximate surface area is 181 Å². The fourth-order valence-electron chi connectivity index (χ4n) is 2.41. The Balaban J connectivity index is 0.00000338. The lowest BCUT2D eigenvalue weighted by Gasteiger charge is -2.25. The van der Waals surface area contributed by atoms with Crippen molar-refractivity contribution in [2.24, 2.45) is 4.99 Å². The smallest absolute Gasteiger partial charge is 0.215 e. The molecule has 11 heteroatoms. The first kappa shape index (κ1) is 23.9. The molecule has 2 heterocycles. The van der Waals surface area contributed by atoms with Crippen LogP contribution in [0, 0.1) is 13.8 Å². The van der Waals surface area contributed by atoms with Gasteiger partial charge in [-0.05, 0) is 13.8 Å². The first-order chi connectivity index (χ1) is 11.9. The minimum Gasteiger partial charge on any atom is -0.356 e. The molecule has 0 radical (unpaired) electrons. The van der Waals surface area contributed by atoms with Gasteiger partial charge in [0.2, 0.25) is 10.0 Å². The zero-order valence-electron chi connectivity index (χ0n) is 15.4. The zero-order chi connectivity index (χ0) is 18.3. The highest BCUT2D eigenvalue weighted by atomic mass is 127. The molecule has 1 saturated heterocycles. The van der Waals surface area contributed by atoms with Crippen LogP contribution >= 0.6 is 47.1 Å². The fraction of sp³-hybridized carbons (Fsp3) is 0.733. The minimum atomic E-state index is -3.19. The largest absolute Gasteiger partial charge is 0.356 e. The molecule has 0 unspecified atom stereocenters. The van der Waals surface area contributed by atoms with E-state index in [4.69, 9.17) is 0 Å². The standard InChI is InChI=1S/C15H27N5O2S3.HI/c1-12-13(2)24-14(19-12)4-5-17-15(16-3)18-6-11-25(21,22)20-7-9-23-10-8-20;/h4-11H2,1-3H3,(H2,16,17,18);1H. The van der Waals surface area contributed by atoms with Gasteiger partial charge in [0, 0.05) is 56.0 Å². The number of aromatic nitrogens is 1. The van der Waals surface area contributed by atoms with Crippen molar-refractivity contribution < 1.29 is 8.42 Å². The van der Waals surface area contributed by atoms with Gasteiger partial charge in [-0.1, -0.05) is 0 Å². The second-order valence-corrected chi connectivity index (χ2v) is 10.4. The number of thioether (sulfide) groups is 1. The quantitative estimate of drug-likeness (QED) is 0.314. The molecule has 150 valence electrons. The van der Waals surface area contributed by atoms with E-state index in [1.807, 2.05) is 6.92 Å². The van der Waals surface area contributed by atoms with E-state index >= 15 is 0 Å². The molecule has 0 spiro atoms. The van der Waals surface area contributed by atoms with Crippen molar-refractivity contribution in [2.75, 3.05) is 50.5 Å². The number of nitrogens with zero attached hydrogens (tertiary/aromatic N) is 3. The Kier molecular flexibility index (Phi) is 10.7. The van der Waals surface area contributed by atoms with Crippen LogP contribution in [0.5, 0.6) is 0 Å². The fourth-order valence-corrected chi connectivity index (χ4v) is 5.83. The first-order valence-corrected chi connectivity index (χ1v) is 11.9. The summed E-state index contributed by atoms with van der Waals surface area (Å²) in [7, 11) is -1.50. The van der Waals surface area contributed by atoms with Crippen LogP contribution in [0.25, 0.3) is 0 Å². The molecule has 0 aliphatic carbocycles. The van der Waals surface area contributed by atoms with E-state index in [9.17, 15) is 8.42 Å². The molecule has 0 saturated carbocycles. The molecule has 0 bridgehead atoms. The topological polar surface area (TPSA) is 86.7 Å². The van der Waals surface area contributed by atoms with Gasteiger partial charge in [-0.3, -0.25) is 4.99 Å². The first-order valence-electron chi connectivity index (χ1n) is 8.35. The van der Waals surface area contributed by atoms with Gasteiger partial charge < -0.3 is 10.6 Å². The van der Waals surface area contributed by atoms with Crippen LogP contribution in [0.4, 0.5) is 0 Å². The number of aryl methyl sites for hydroxylation is 2. The summed E-state index contributed by atoms with van der Waals surface area (Å²) in [4.78, 5) is 9.90. The summed E-state index contributed by atoms with van der Waals surface area (Å²) in [6, 6.07) is 0. The van der Waals surface area contributed by atoms with E-state index in [1.54, 1.807) is 34.5 Å². The van der Waals surface area contributed by atoms with Crippen LogP contribution < -0.4 is 10.6 Å². The Hall–Kier alpha value is -0.110. The van der Waals surface area contributed by atoms with Crippen LogP contribution in [0.3, 0.4) is 0 Å². The Bertz CT molecular complexity index is 668. The molecule has 1 aromatic rings. The summed E-state index contributed by atoms with van der Waals surface area (Å²) in [6.45, 7) is 6.39. The van der Waals surface area contributed by atoms with E-state index in [1.165, 1.54) is 4.88 Å². The molecule has 2 rings (SSSR count). The maximum absolute atomic E-state index is 12.3. The van der Waals surface area contributed by atoms with Crippen molar-refractivity contribution in [3.63, 3.8) is 0 Å². The average molecular weight is 534 g/mol. The molecule has 0 aromatic carbocycles. The van der Waals surface area contributed by atoms with Crippen LogP contribution in [0.15, 0.2) is 4.99 Å². The van der Waals surface area contributed by atoms with E-state index < -0.39 is 10.0 Å². The predicted octanol–water partition coefficient (Wildman–Crippen LogP) is 1.46. The van der Waals surface area contributed by atoms with Gasteiger partial charge in [0.25, 0.3) is 0 Å². The molecule has 0 atom stereocenters. The maximum Gasteiger partial charge on any atom is 0.215 e. The molecule has 1 aliphatic heterocycles. The molecule has 1 aliphatic rings. The van der Waals surface area contributed by atoms with Crippen molar-refractivity contribution in [3.05, 3.63) is 15.6 Å². The van der Waals surface area contributed by atoms with Crippen molar-refractivity contribution in [2.45, 2.75) is 20.3 Å². The Morgan fingerprint density at radius 2 is 1.88 bits per heavy atom. The number of hydrogen-bond acceptors (Lipinski definition) is 6. The lowest BCUT2D eigenvalue weighted by molar-refractivity contribution is 0.443. The van der Waals surface area contributed by atoms with E-state index in [2.05, 4.69) is 27.5 Å². The van der Waals surface area contributed by atoms with E-state index in [-0.39, 0.29) is 29.7 Å². The summed E-state index contributed by atoms with van der Waals surface area (Å²) in [6.07, 6.45) is 0.823. The third kappa shape index (κ3) is 7.49. The summed E-state index contributed by atoms with van der Waals surface area (Å²) in [5, 5.41) is 7.38. The second-order valence-electron chi connectivity index (χ2n) is 5.75. The van der Waals surface area contributed by atoms with E-state index in [0.29, 0.717) is 32.1 Å². The van der Waals surface area contributed by atoms with Gasteiger partial charge >= 0.3 is 0 Å². The molecular formula is C15H28IN5O2S3. The Morgan fingerprint density at radius 3 is 2.46 bits per heavy atom. The van der Waals surface area contributed by atoms with Gasteiger partial charge in [0.15, 0.2) is 5.96 Å². The number of aliphatic imine (C=N–C) groups is 1. The summed E-state index contributed by atoms with van der Waals surface area (Å²) >= 11 is 3.51. The molecule has 0 amide bonds. The van der Waals surface area contributed by atoms with E-state index in [0.717, 1.165) is 28.6 Å². The number of guanidine groups is 1. The third-order valence-corrected chi connectivity index (χ3v) is 7.89. The van der Waals surface area contributed by atoms with Crippen molar-refractivity contribution in [1.82, 2.24) is 19.9 Å². The minimum absolute atomic E-state index is 0. The van der Waals surface area contributed by atoms with Gasteiger partial charge in [-0.25, -0.2) is 17.7 Å². The van der Waals surface area contributed by atoms with Gasteiger partial charge in [-0.2, -0.15) is 11.8 Å². The second kappa shape index (κ2) is 11.7. The third-order valence-electron chi connectivity index (χ3n) is 3.94. The summed E-state index contributed by atoms with van der Waals surface area (Å²) in [5.74, 6) is 2.47. The van der Waals surface area contributed by atoms with Gasteiger partial charge in [0.1, 0.15) is 0 Å². The predicted molar refractivity (Wildman–Crippen MR) is 123 cm³/mol. The normalized spacial score (nSPS) is 16.2. The Morgan fingerprint density at radius 1 is 1.23 bits per heavy atom. The number of hydrogen-bond donors (Lipinski definition) is 2. The molecule has 1 aromatic heterocycles. The highest BCUT2D eigenvalue weighted by Crippen LogP contribution is 2.16. The summed E-state index contributed by atoms with van der Waals surface area (Å²) < 4.78 is 26.2. The summed E-state index contributed by atoms with van der Waals surface area (Å²) in [5.41, 5.74) is 1.09. The molecule has 7 nitrogen and oxygen atoms in total. The van der Waals surface area contributed by atoms with Crippen LogP contribution in [-0.2, 0) is 16.4 Å². The molecule has 2 N–H and O–H groups in total. The number of nitrogens with one attached hydrogen (secondary N) is 2. The number of thiazole rings is 1. The molecule has 1 fully saturated rings. The van der Waals surface area contributed by atoms with Crippen molar-refractivity contribution >= 4 is 63.1 Å².